The van der Waals surface area contributed by atoms with Crippen LogP contribution in [0.1, 0.15) is 31.7 Å². The van der Waals surface area contributed by atoms with E-state index >= 15 is 0 Å². The molecule has 0 heterocycles. The first-order chi connectivity index (χ1) is 9.50. The van der Waals surface area contributed by atoms with Crippen LogP contribution < -0.4 is 5.32 Å². The molecule has 0 unspecified atom stereocenters. The van der Waals surface area contributed by atoms with E-state index in [1.165, 1.54) is 0 Å². The Balaban J connectivity index is 2.38. The lowest BCUT2D eigenvalue weighted by Gasteiger charge is -2.22. The highest BCUT2D eigenvalue weighted by molar-refractivity contribution is 9.10. The minimum absolute atomic E-state index is 0.194. The van der Waals surface area contributed by atoms with Crippen LogP contribution in [0.2, 0.25) is 0 Å². The molecule has 0 saturated heterocycles. The van der Waals surface area contributed by atoms with Crippen LogP contribution >= 0.6 is 15.9 Å². The third-order valence-electron chi connectivity index (χ3n) is 3.36. The van der Waals surface area contributed by atoms with Gasteiger partial charge in [-0.2, -0.15) is 4.31 Å². The molecule has 0 aromatic heterocycles. The highest BCUT2D eigenvalue weighted by Gasteiger charge is 2.38. The van der Waals surface area contributed by atoms with E-state index in [4.69, 9.17) is 0 Å². The quantitative estimate of drug-likeness (QED) is 0.813. The molecule has 0 atom stereocenters. The molecule has 0 radical (unpaired) electrons. The Morgan fingerprint density at radius 1 is 1.40 bits per heavy atom. The predicted molar refractivity (Wildman–Crippen MR) is 84.1 cm³/mol. The highest BCUT2D eigenvalue weighted by Crippen LogP contribution is 2.34. The van der Waals surface area contributed by atoms with Gasteiger partial charge in [0.2, 0.25) is 10.0 Å². The van der Waals surface area contributed by atoms with E-state index in [-0.39, 0.29) is 6.04 Å². The standard InChI is InChI=1S/C14H21BrN2O2S/c1-3-8-17(12-5-6-12)20(18,19)14-9-11(10-16-2)4-7-13(14)15/h4,7,9,12,16H,3,5-6,8,10H2,1-2H3. The summed E-state index contributed by atoms with van der Waals surface area (Å²) >= 11 is 3.38. The summed E-state index contributed by atoms with van der Waals surface area (Å²) in [4.78, 5) is 0.380. The molecule has 4 nitrogen and oxygen atoms in total. The van der Waals surface area contributed by atoms with Gasteiger partial charge in [0.25, 0.3) is 0 Å². The van der Waals surface area contributed by atoms with Crippen LogP contribution in [0.5, 0.6) is 0 Å². The molecule has 1 aromatic carbocycles. The second-order valence-electron chi connectivity index (χ2n) is 5.14. The van der Waals surface area contributed by atoms with Gasteiger partial charge in [0.15, 0.2) is 0 Å². The minimum atomic E-state index is -3.41. The summed E-state index contributed by atoms with van der Waals surface area (Å²) < 4.78 is 28.0. The second-order valence-corrected chi connectivity index (χ2v) is 7.86. The Morgan fingerprint density at radius 3 is 2.65 bits per heavy atom. The van der Waals surface area contributed by atoms with Crippen LogP contribution in [0.4, 0.5) is 0 Å². The van der Waals surface area contributed by atoms with Gasteiger partial charge in [0.05, 0.1) is 4.90 Å². The van der Waals surface area contributed by atoms with E-state index in [9.17, 15) is 8.42 Å². The number of benzene rings is 1. The van der Waals surface area contributed by atoms with E-state index in [1.807, 2.05) is 26.1 Å². The molecule has 2 rings (SSSR count). The molecule has 0 spiro atoms. The molecule has 1 aromatic rings. The monoisotopic (exact) mass is 360 g/mol. The van der Waals surface area contributed by atoms with Crippen molar-refractivity contribution in [3.63, 3.8) is 0 Å². The van der Waals surface area contributed by atoms with Gasteiger partial charge >= 0.3 is 0 Å². The first-order valence-electron chi connectivity index (χ1n) is 6.95. The minimum Gasteiger partial charge on any atom is -0.316 e. The van der Waals surface area contributed by atoms with Crippen molar-refractivity contribution in [3.8, 4) is 0 Å². The van der Waals surface area contributed by atoms with Gasteiger partial charge in [-0.25, -0.2) is 8.42 Å². The summed E-state index contributed by atoms with van der Waals surface area (Å²) in [6, 6.07) is 5.71. The van der Waals surface area contributed by atoms with E-state index < -0.39 is 10.0 Å². The highest BCUT2D eigenvalue weighted by atomic mass is 79.9. The molecule has 1 aliphatic rings. The summed E-state index contributed by atoms with van der Waals surface area (Å²) in [7, 11) is -1.56. The SMILES string of the molecule is CCCN(C1CC1)S(=O)(=O)c1cc(CNC)ccc1Br. The molecule has 6 heteroatoms. The van der Waals surface area contributed by atoms with Crippen LogP contribution in [0, 0.1) is 0 Å². The van der Waals surface area contributed by atoms with Crippen molar-refractivity contribution < 1.29 is 8.42 Å². The zero-order chi connectivity index (χ0) is 14.8. The normalized spacial score (nSPS) is 15.8. The van der Waals surface area contributed by atoms with Gasteiger partial charge in [0.1, 0.15) is 0 Å². The Morgan fingerprint density at radius 2 is 2.10 bits per heavy atom. The first-order valence-corrected chi connectivity index (χ1v) is 9.19. The fraction of sp³-hybridized carbons (Fsp3) is 0.571. The van der Waals surface area contributed by atoms with Crippen molar-refractivity contribution in [1.29, 1.82) is 0 Å². The Kier molecular flexibility index (Phi) is 5.23. The smallest absolute Gasteiger partial charge is 0.244 e. The van der Waals surface area contributed by atoms with Gasteiger partial charge in [0, 0.05) is 23.6 Å². The average molecular weight is 361 g/mol. The van der Waals surface area contributed by atoms with Crippen molar-refractivity contribution in [2.24, 2.45) is 0 Å². The van der Waals surface area contributed by atoms with Crippen molar-refractivity contribution in [3.05, 3.63) is 28.2 Å². The van der Waals surface area contributed by atoms with Crippen LogP contribution in [0.25, 0.3) is 0 Å². The van der Waals surface area contributed by atoms with Crippen LogP contribution in [-0.2, 0) is 16.6 Å². The first kappa shape index (κ1) is 15.9. The van der Waals surface area contributed by atoms with Gasteiger partial charge < -0.3 is 5.32 Å². The van der Waals surface area contributed by atoms with Gasteiger partial charge in [-0.3, -0.25) is 0 Å². The summed E-state index contributed by atoms with van der Waals surface area (Å²) in [6.45, 7) is 3.26. The van der Waals surface area contributed by atoms with Crippen LogP contribution in [0.3, 0.4) is 0 Å². The topological polar surface area (TPSA) is 49.4 Å². The second kappa shape index (κ2) is 6.56. The van der Waals surface area contributed by atoms with Crippen LogP contribution in [0.15, 0.2) is 27.6 Å². The fourth-order valence-electron chi connectivity index (χ4n) is 2.27. The molecule has 1 aliphatic carbocycles. The van der Waals surface area contributed by atoms with Crippen molar-refractivity contribution in [2.75, 3.05) is 13.6 Å². The number of hydrogen-bond acceptors (Lipinski definition) is 3. The molecule has 112 valence electrons. The third-order valence-corrected chi connectivity index (χ3v) is 6.31. The van der Waals surface area contributed by atoms with E-state index in [0.29, 0.717) is 22.5 Å². The van der Waals surface area contributed by atoms with Gasteiger partial charge in [-0.15, -0.1) is 0 Å². The number of hydrogen-bond donors (Lipinski definition) is 1. The summed E-state index contributed by atoms with van der Waals surface area (Å²) in [5.74, 6) is 0. The largest absolute Gasteiger partial charge is 0.316 e. The maximum atomic E-state index is 12.9. The molecular weight excluding hydrogens is 340 g/mol. The summed E-state index contributed by atoms with van der Waals surface area (Å²) in [5.41, 5.74) is 0.974. The van der Waals surface area contributed by atoms with Crippen molar-refractivity contribution in [1.82, 2.24) is 9.62 Å². The number of nitrogens with one attached hydrogen (secondary N) is 1. The number of nitrogens with zero attached hydrogens (tertiary/aromatic N) is 1. The lowest BCUT2D eigenvalue weighted by Crippen LogP contribution is -2.34. The molecule has 0 aliphatic heterocycles. The zero-order valence-corrected chi connectivity index (χ0v) is 14.3. The third kappa shape index (κ3) is 3.42. The Hall–Kier alpha value is -0.430. The van der Waals surface area contributed by atoms with E-state index in [2.05, 4.69) is 21.2 Å². The molecule has 0 bridgehead atoms. The molecule has 0 amide bonds. The molecule has 1 fully saturated rings. The number of sulfonamides is 1. The van der Waals surface area contributed by atoms with E-state index in [1.54, 1.807) is 10.4 Å². The van der Waals surface area contributed by atoms with Gasteiger partial charge in [-0.1, -0.05) is 13.0 Å². The summed E-state index contributed by atoms with van der Waals surface area (Å²) in [5, 5.41) is 3.05. The zero-order valence-electron chi connectivity index (χ0n) is 11.9. The lowest BCUT2D eigenvalue weighted by molar-refractivity contribution is 0.403. The Labute approximate surface area is 129 Å². The summed E-state index contributed by atoms with van der Waals surface area (Å²) in [6.07, 6.45) is 2.80. The van der Waals surface area contributed by atoms with Gasteiger partial charge in [-0.05, 0) is 59.9 Å². The molecule has 1 N–H and O–H groups in total. The molecule has 1 saturated carbocycles. The van der Waals surface area contributed by atoms with Crippen LogP contribution in [-0.4, -0.2) is 32.4 Å². The number of halogens is 1. The maximum Gasteiger partial charge on any atom is 0.244 e. The molecule has 20 heavy (non-hydrogen) atoms. The van der Waals surface area contributed by atoms with E-state index in [0.717, 1.165) is 24.8 Å². The lowest BCUT2D eigenvalue weighted by atomic mass is 10.2. The maximum absolute atomic E-state index is 12.9. The fourth-order valence-corrected chi connectivity index (χ4v) is 5.02. The Bertz CT molecular complexity index is 571. The van der Waals surface area contributed by atoms with Crippen molar-refractivity contribution in [2.45, 2.75) is 43.7 Å². The molecular formula is C14H21BrN2O2S. The average Bonchev–Trinajstić information content (AvgIpc) is 3.22. The predicted octanol–water partition coefficient (Wildman–Crippen LogP) is 2.73. The van der Waals surface area contributed by atoms with Crippen molar-refractivity contribution >= 4 is 26.0 Å². The number of rotatable bonds is 7.